The number of Topliss-reactive ketones (excluding diaryl/α,β-unsaturated/α-hetero) is 1. The lowest BCUT2D eigenvalue weighted by molar-refractivity contribution is -0.0918. The van der Waals surface area contributed by atoms with Crippen LogP contribution in [0.3, 0.4) is 0 Å². The van der Waals surface area contributed by atoms with Gasteiger partial charge < -0.3 is 5.32 Å². The zero-order chi connectivity index (χ0) is 20.8. The first-order valence-corrected chi connectivity index (χ1v) is 9.85. The maximum atomic E-state index is 14.0. The number of halogens is 4. The smallest absolute Gasteiger partial charge is 0.320 e. The van der Waals surface area contributed by atoms with Gasteiger partial charge in [-0.2, -0.15) is 23.3 Å². The van der Waals surface area contributed by atoms with Crippen molar-refractivity contribution in [1.82, 2.24) is 14.8 Å². The fraction of sp³-hybridized carbons (Fsp3) is 0.211. The van der Waals surface area contributed by atoms with Crippen molar-refractivity contribution in [1.29, 1.82) is 0 Å². The average molecular weight is 439 g/mol. The summed E-state index contributed by atoms with van der Waals surface area (Å²) in [6.07, 6.45) is -2.96. The van der Waals surface area contributed by atoms with E-state index in [1.54, 1.807) is 30.3 Å². The molecule has 150 valence electrons. The number of thiophene rings is 1. The first-order valence-electron chi connectivity index (χ1n) is 8.66. The molecular weight excluding hydrogens is 425 g/mol. The molecule has 1 N–H and O–H groups in total. The molecule has 5 nitrogen and oxygen atoms in total. The van der Waals surface area contributed by atoms with E-state index in [0.29, 0.717) is 17.0 Å². The lowest BCUT2D eigenvalue weighted by Gasteiger charge is -2.30. The van der Waals surface area contributed by atoms with Gasteiger partial charge in [-0.15, -0.1) is 11.3 Å². The number of nitrogens with zero attached hydrogens (tertiary/aromatic N) is 3. The molecule has 29 heavy (non-hydrogen) atoms. The Hall–Kier alpha value is -2.65. The molecule has 1 unspecified atom stereocenters. The van der Waals surface area contributed by atoms with Gasteiger partial charge in [0, 0.05) is 9.90 Å². The van der Waals surface area contributed by atoms with E-state index in [0.717, 1.165) is 11.2 Å². The summed E-state index contributed by atoms with van der Waals surface area (Å²) in [6.45, 7) is 1.92. The molecular formula is C19H14ClF3N4OS. The lowest BCUT2D eigenvalue weighted by Crippen LogP contribution is -2.35. The summed E-state index contributed by atoms with van der Waals surface area (Å²) in [5.74, 6) is -0.806. The first kappa shape index (κ1) is 19.7. The minimum atomic E-state index is -4.79. The van der Waals surface area contributed by atoms with Crippen LogP contribution in [0.15, 0.2) is 54.0 Å². The Kier molecular flexibility index (Phi) is 4.95. The summed E-state index contributed by atoms with van der Waals surface area (Å²) in [4.78, 5) is 18.3. The molecule has 10 heteroatoms. The number of hydrogen-bond donors (Lipinski definition) is 1. The van der Waals surface area contributed by atoms with Gasteiger partial charge in [-0.3, -0.25) is 4.79 Å². The van der Waals surface area contributed by atoms with Gasteiger partial charge in [0.2, 0.25) is 11.7 Å². The van der Waals surface area contributed by atoms with Crippen LogP contribution in [0.1, 0.15) is 33.1 Å². The minimum Gasteiger partial charge on any atom is -0.320 e. The molecule has 2 aromatic heterocycles. The van der Waals surface area contributed by atoms with Crippen molar-refractivity contribution < 1.29 is 18.0 Å². The van der Waals surface area contributed by atoms with E-state index < -0.39 is 29.3 Å². The molecule has 0 aliphatic carbocycles. The molecule has 1 aromatic carbocycles. The monoisotopic (exact) mass is 438 g/mol. The van der Waals surface area contributed by atoms with Gasteiger partial charge in [-0.1, -0.05) is 30.7 Å². The van der Waals surface area contributed by atoms with Crippen LogP contribution >= 0.6 is 22.9 Å². The Morgan fingerprint density at radius 3 is 2.76 bits per heavy atom. The fourth-order valence-electron chi connectivity index (χ4n) is 3.24. The Bertz CT molecular complexity index is 1120. The van der Waals surface area contributed by atoms with E-state index in [4.69, 9.17) is 11.6 Å². The number of aryl methyl sites for hydroxylation is 1. The Morgan fingerprint density at radius 1 is 1.31 bits per heavy atom. The molecule has 1 aliphatic rings. The zero-order valence-electron chi connectivity index (χ0n) is 15.0. The van der Waals surface area contributed by atoms with Gasteiger partial charge in [-0.25, -0.2) is 4.68 Å². The number of hydrogen-bond acceptors (Lipinski definition) is 5. The van der Waals surface area contributed by atoms with Gasteiger partial charge >= 0.3 is 6.18 Å². The van der Waals surface area contributed by atoms with Gasteiger partial charge in [0.25, 0.3) is 0 Å². The van der Waals surface area contributed by atoms with Crippen LogP contribution in [-0.2, 0) is 6.42 Å². The highest BCUT2D eigenvalue weighted by Gasteiger charge is 2.46. The van der Waals surface area contributed by atoms with E-state index >= 15 is 0 Å². The predicted molar refractivity (Wildman–Crippen MR) is 104 cm³/mol. The van der Waals surface area contributed by atoms with E-state index in [1.165, 1.54) is 22.1 Å². The summed E-state index contributed by atoms with van der Waals surface area (Å²) >= 11 is 7.26. The lowest BCUT2D eigenvalue weighted by atomic mass is 9.91. The summed E-state index contributed by atoms with van der Waals surface area (Å²) in [5.41, 5.74) is -1.18. The molecule has 0 saturated carbocycles. The van der Waals surface area contributed by atoms with Gasteiger partial charge in [0.1, 0.15) is 18.1 Å². The van der Waals surface area contributed by atoms with E-state index in [-0.39, 0.29) is 10.8 Å². The van der Waals surface area contributed by atoms with Crippen LogP contribution < -0.4 is 5.32 Å². The van der Waals surface area contributed by atoms with Crippen LogP contribution in [0.5, 0.6) is 0 Å². The normalized spacial score (nSPS) is 16.5. The topological polar surface area (TPSA) is 59.8 Å². The SMILES string of the molecule is CCc1ccc(C(=O)C2=C(C(F)(F)F)Nc3ncnn3C2c2cccc(Cl)c2)s1. The van der Waals surface area contributed by atoms with Gasteiger partial charge in [0.05, 0.1) is 10.5 Å². The third-order valence-electron chi connectivity index (χ3n) is 4.52. The number of allylic oxidation sites excluding steroid dienone is 2. The van der Waals surface area contributed by atoms with Crippen molar-refractivity contribution in [2.24, 2.45) is 0 Å². The molecule has 1 atom stereocenters. The fourth-order valence-corrected chi connectivity index (χ4v) is 4.34. The van der Waals surface area contributed by atoms with Crippen molar-refractivity contribution in [3.8, 4) is 0 Å². The number of carbonyl (C=O) groups excluding carboxylic acids is 1. The molecule has 0 saturated heterocycles. The number of ketones is 1. The van der Waals surface area contributed by atoms with Crippen LogP contribution in [0.2, 0.25) is 5.02 Å². The number of nitrogens with one attached hydrogen (secondary N) is 1. The molecule has 0 spiro atoms. The Morgan fingerprint density at radius 2 is 2.10 bits per heavy atom. The van der Waals surface area contributed by atoms with Gasteiger partial charge in [0.15, 0.2) is 0 Å². The van der Waals surface area contributed by atoms with Crippen molar-refractivity contribution in [3.63, 3.8) is 0 Å². The Balaban J connectivity index is 1.96. The highest BCUT2D eigenvalue weighted by molar-refractivity contribution is 7.14. The van der Waals surface area contributed by atoms with Crippen LogP contribution in [-0.4, -0.2) is 26.7 Å². The van der Waals surface area contributed by atoms with Crippen LogP contribution in [0, 0.1) is 0 Å². The molecule has 3 heterocycles. The maximum absolute atomic E-state index is 14.0. The number of aromatic nitrogens is 3. The van der Waals surface area contributed by atoms with E-state index in [9.17, 15) is 18.0 Å². The third kappa shape index (κ3) is 3.56. The predicted octanol–water partition coefficient (Wildman–Crippen LogP) is 5.27. The summed E-state index contributed by atoms with van der Waals surface area (Å²) in [6, 6.07) is 8.54. The summed E-state index contributed by atoms with van der Waals surface area (Å²) < 4.78 is 43.1. The zero-order valence-corrected chi connectivity index (χ0v) is 16.6. The van der Waals surface area contributed by atoms with Crippen molar-refractivity contribution in [2.75, 3.05) is 5.32 Å². The highest BCUT2D eigenvalue weighted by atomic mass is 35.5. The Labute approximate surface area is 172 Å². The van der Waals surface area contributed by atoms with Crippen molar-refractivity contribution in [3.05, 3.63) is 74.3 Å². The van der Waals surface area contributed by atoms with Crippen LogP contribution in [0.25, 0.3) is 0 Å². The van der Waals surface area contributed by atoms with Crippen LogP contribution in [0.4, 0.5) is 19.1 Å². The van der Waals surface area contributed by atoms with Gasteiger partial charge in [-0.05, 0) is 36.2 Å². The number of benzene rings is 1. The van der Waals surface area contributed by atoms with Crippen molar-refractivity contribution >= 4 is 34.7 Å². The molecule has 1 aliphatic heterocycles. The number of rotatable bonds is 4. The van der Waals surface area contributed by atoms with E-state index in [1.807, 2.05) is 6.92 Å². The largest absolute Gasteiger partial charge is 0.431 e. The molecule has 4 rings (SSSR count). The second kappa shape index (κ2) is 7.31. The summed E-state index contributed by atoms with van der Waals surface area (Å²) in [7, 11) is 0. The number of fused-ring (bicyclic) bond motifs is 1. The quantitative estimate of drug-likeness (QED) is 0.564. The van der Waals surface area contributed by atoms with Crippen molar-refractivity contribution in [2.45, 2.75) is 25.6 Å². The first-order chi connectivity index (χ1) is 13.8. The second-order valence-corrected chi connectivity index (χ2v) is 7.95. The molecule has 3 aromatic rings. The standard InChI is InChI=1S/C19H14ClF3N4OS/c1-2-12-6-7-13(29-12)16(28)14-15(10-4-3-5-11(20)8-10)27-18(24-9-25-27)26-17(14)19(21,22)23/h3-9,15H,2H2,1H3,(H,24,25,26). The molecule has 0 bridgehead atoms. The average Bonchev–Trinajstić information content (AvgIpc) is 3.34. The minimum absolute atomic E-state index is 0.0979. The number of alkyl halides is 3. The summed E-state index contributed by atoms with van der Waals surface area (Å²) in [5, 5.41) is 6.65. The number of carbonyl (C=O) groups is 1. The maximum Gasteiger partial charge on any atom is 0.431 e. The van der Waals surface area contributed by atoms with E-state index in [2.05, 4.69) is 15.4 Å². The highest BCUT2D eigenvalue weighted by Crippen LogP contribution is 2.42. The third-order valence-corrected chi connectivity index (χ3v) is 5.99. The number of anilines is 1. The molecule has 0 fully saturated rings. The molecule has 0 radical (unpaired) electrons. The molecule has 0 amide bonds. The second-order valence-electron chi connectivity index (χ2n) is 6.35.